The topological polar surface area (TPSA) is 149 Å². The summed E-state index contributed by atoms with van der Waals surface area (Å²) in [5, 5.41) is 2.85. The van der Waals surface area contributed by atoms with Gasteiger partial charge in [0.25, 0.3) is 17.7 Å². The van der Waals surface area contributed by atoms with Gasteiger partial charge in [-0.15, -0.1) is 0 Å². The fourth-order valence-corrected chi connectivity index (χ4v) is 9.09. The first-order valence-electron chi connectivity index (χ1n) is 21.5. The number of imide groups is 1. The van der Waals surface area contributed by atoms with Gasteiger partial charge in [-0.25, -0.2) is 4.98 Å². The number of imidazole rings is 1. The first-order chi connectivity index (χ1) is 29.9. The molecule has 3 amide bonds. The van der Waals surface area contributed by atoms with Gasteiger partial charge in [-0.1, -0.05) is 18.6 Å². The number of nitrogens with zero attached hydrogens (tertiary/aromatic N) is 4. The van der Waals surface area contributed by atoms with Crippen molar-refractivity contribution < 1.29 is 51.4 Å². The van der Waals surface area contributed by atoms with E-state index in [1.165, 1.54) is 43.5 Å². The minimum absolute atomic E-state index is 0.0144. The maximum atomic E-state index is 13.5. The van der Waals surface area contributed by atoms with Crippen molar-refractivity contribution in [2.75, 3.05) is 51.4 Å². The van der Waals surface area contributed by atoms with Gasteiger partial charge in [0.1, 0.15) is 18.1 Å². The zero-order valence-electron chi connectivity index (χ0n) is 34.4. The number of rotatable bonds is 15. The number of amides is 3. The molecule has 3 heterocycles. The fraction of sp³-hybridized carbons (Fsp3) is 0.478. The van der Waals surface area contributed by atoms with E-state index in [4.69, 9.17) is 19.2 Å². The Bertz CT molecular complexity index is 2330. The van der Waals surface area contributed by atoms with E-state index in [1.54, 1.807) is 6.07 Å². The Kier molecular flexibility index (Phi) is 13.2. The molecule has 3 aromatic carbocycles. The number of likely N-dealkylation sites (tertiary alicyclic amines) is 1. The summed E-state index contributed by atoms with van der Waals surface area (Å²) in [6, 6.07) is 14.3. The SMILES string of the molecule is O=C1CCC(N2C(=O)c3ccc(OCCOCCOCC4CCC(n5c(NC(=O)c6cccc(C(F)(F)F)c6)nc6cc(CN7CCCCC7)ccc65)CC4)cc3C2=O)C(=O)C1. The molecule has 1 saturated heterocycles. The Labute approximate surface area is 356 Å². The van der Waals surface area contributed by atoms with Crippen molar-refractivity contribution in [3.05, 3.63) is 88.5 Å². The van der Waals surface area contributed by atoms with Crippen LogP contribution in [0.2, 0.25) is 0 Å². The second-order valence-corrected chi connectivity index (χ2v) is 16.6. The minimum Gasteiger partial charge on any atom is -0.491 e. The van der Waals surface area contributed by atoms with E-state index in [0.717, 1.165) is 78.9 Å². The normalized spacial score (nSPS) is 21.1. The lowest BCUT2D eigenvalue weighted by Crippen LogP contribution is -2.47. The van der Waals surface area contributed by atoms with E-state index >= 15 is 0 Å². The number of Topliss-reactive ketones (excluding diaryl/α,β-unsaturated/α-hetero) is 2. The Morgan fingerprint density at radius 3 is 2.34 bits per heavy atom. The number of fused-ring (bicyclic) bond motifs is 2. The Balaban J connectivity index is 0.805. The molecular formula is C46H50F3N5O8. The quantitative estimate of drug-likeness (QED) is 0.0727. The molecule has 4 aliphatic rings. The molecule has 2 saturated carbocycles. The molecule has 0 bridgehead atoms. The predicted octanol–water partition coefficient (Wildman–Crippen LogP) is 7.42. The van der Waals surface area contributed by atoms with Gasteiger partial charge in [0.15, 0.2) is 5.78 Å². The maximum absolute atomic E-state index is 13.5. The van der Waals surface area contributed by atoms with Crippen LogP contribution in [0, 0.1) is 5.92 Å². The van der Waals surface area contributed by atoms with Gasteiger partial charge in [-0.3, -0.25) is 39.1 Å². The number of carbonyl (C=O) groups is 5. The molecule has 1 aromatic heterocycles. The van der Waals surface area contributed by atoms with Crippen LogP contribution < -0.4 is 10.1 Å². The van der Waals surface area contributed by atoms with Crippen molar-refractivity contribution in [3.63, 3.8) is 0 Å². The molecular weight excluding hydrogens is 808 g/mol. The summed E-state index contributed by atoms with van der Waals surface area (Å²) in [7, 11) is 0. The van der Waals surface area contributed by atoms with Gasteiger partial charge < -0.3 is 18.8 Å². The second-order valence-electron chi connectivity index (χ2n) is 16.6. The monoisotopic (exact) mass is 857 g/mol. The number of ketones is 2. The zero-order valence-corrected chi connectivity index (χ0v) is 34.4. The number of ether oxygens (including phenoxy) is 3. The highest BCUT2D eigenvalue weighted by molar-refractivity contribution is 6.23. The molecule has 3 fully saturated rings. The summed E-state index contributed by atoms with van der Waals surface area (Å²) in [6.45, 7) is 4.64. The van der Waals surface area contributed by atoms with Crippen LogP contribution in [0.15, 0.2) is 60.7 Å². The van der Waals surface area contributed by atoms with E-state index in [9.17, 15) is 37.1 Å². The zero-order chi connectivity index (χ0) is 43.4. The highest BCUT2D eigenvalue weighted by Gasteiger charge is 2.44. The van der Waals surface area contributed by atoms with Crippen LogP contribution in [0.3, 0.4) is 0 Å². The van der Waals surface area contributed by atoms with Crippen LogP contribution in [-0.2, 0) is 31.8 Å². The second kappa shape index (κ2) is 18.9. The molecule has 13 nitrogen and oxygen atoms in total. The number of hydrogen-bond acceptors (Lipinski definition) is 10. The van der Waals surface area contributed by atoms with Gasteiger partial charge >= 0.3 is 6.18 Å². The van der Waals surface area contributed by atoms with E-state index in [1.807, 2.05) is 16.7 Å². The maximum Gasteiger partial charge on any atom is 0.416 e. The summed E-state index contributed by atoms with van der Waals surface area (Å²) in [5.74, 6) is -1.35. The largest absolute Gasteiger partial charge is 0.491 e. The number of carbonyl (C=O) groups excluding carboxylic acids is 5. The molecule has 2 aliphatic heterocycles. The molecule has 0 spiro atoms. The van der Waals surface area contributed by atoms with E-state index in [-0.39, 0.29) is 61.0 Å². The van der Waals surface area contributed by atoms with Gasteiger partial charge in [-0.05, 0) is 118 Å². The number of anilines is 1. The molecule has 16 heteroatoms. The highest BCUT2D eigenvalue weighted by atomic mass is 19.4. The van der Waals surface area contributed by atoms with Crippen LogP contribution in [0.25, 0.3) is 11.0 Å². The van der Waals surface area contributed by atoms with Crippen molar-refractivity contribution in [1.82, 2.24) is 19.4 Å². The predicted molar refractivity (Wildman–Crippen MR) is 221 cm³/mol. The van der Waals surface area contributed by atoms with E-state index < -0.39 is 41.3 Å². The Morgan fingerprint density at radius 1 is 0.806 bits per heavy atom. The molecule has 0 radical (unpaired) electrons. The van der Waals surface area contributed by atoms with Crippen LogP contribution in [0.4, 0.5) is 19.1 Å². The first-order valence-corrected chi connectivity index (χ1v) is 21.5. The van der Waals surface area contributed by atoms with E-state index in [2.05, 4.69) is 16.3 Å². The molecule has 62 heavy (non-hydrogen) atoms. The first kappa shape index (κ1) is 43.2. The lowest BCUT2D eigenvalue weighted by atomic mass is 9.86. The third-order valence-corrected chi connectivity index (χ3v) is 12.3. The van der Waals surface area contributed by atoms with Crippen molar-refractivity contribution in [2.24, 2.45) is 5.92 Å². The van der Waals surface area contributed by atoms with Crippen molar-refractivity contribution in [1.29, 1.82) is 0 Å². The highest BCUT2D eigenvalue weighted by Crippen LogP contribution is 2.38. The van der Waals surface area contributed by atoms with Gasteiger partial charge in [-0.2, -0.15) is 13.2 Å². The molecule has 2 aliphatic carbocycles. The van der Waals surface area contributed by atoms with Crippen LogP contribution in [0.5, 0.6) is 5.75 Å². The summed E-state index contributed by atoms with van der Waals surface area (Å²) >= 11 is 0. The standard InChI is InChI=1S/C46H50F3N5O8/c47-46(48,49)32-6-4-5-31(24-32)42(57)51-45-50-38-23-30(27-52-17-2-1-3-18-52)9-15-39(38)53(45)33-10-7-29(8-11-33)28-61-20-19-60-21-22-62-35-13-14-36-37(26-35)44(59)54(43(36)58)40-16-12-34(55)25-41(40)56/h4-6,9,13-15,23-24,26,29,33,40H,1-3,7-8,10-12,16-22,25,27-28H2,(H,50,51,57). The lowest BCUT2D eigenvalue weighted by Gasteiger charge is -2.30. The molecule has 4 aromatic rings. The van der Waals surface area contributed by atoms with Gasteiger partial charge in [0.2, 0.25) is 5.95 Å². The number of benzene rings is 3. The van der Waals surface area contributed by atoms with E-state index in [0.29, 0.717) is 37.4 Å². The lowest BCUT2D eigenvalue weighted by molar-refractivity contribution is -0.137. The fourth-order valence-electron chi connectivity index (χ4n) is 9.09. The van der Waals surface area contributed by atoms with Crippen LogP contribution in [0.1, 0.15) is 112 Å². The molecule has 1 N–H and O–H groups in total. The molecule has 1 atom stereocenters. The number of aromatic nitrogens is 2. The number of hydrogen-bond donors (Lipinski definition) is 1. The van der Waals surface area contributed by atoms with Crippen molar-refractivity contribution in [3.8, 4) is 5.75 Å². The Hall–Kier alpha value is -5.45. The molecule has 328 valence electrons. The van der Waals surface area contributed by atoms with Crippen LogP contribution in [-0.4, -0.2) is 101 Å². The summed E-state index contributed by atoms with van der Waals surface area (Å²) < 4.78 is 59.9. The molecule has 8 rings (SSSR count). The third-order valence-electron chi connectivity index (χ3n) is 12.3. The Morgan fingerprint density at radius 2 is 1.56 bits per heavy atom. The van der Waals surface area contributed by atoms with Gasteiger partial charge in [0.05, 0.1) is 60.0 Å². The number of alkyl halides is 3. The summed E-state index contributed by atoms with van der Waals surface area (Å²) in [4.78, 5) is 71.8. The summed E-state index contributed by atoms with van der Waals surface area (Å²) in [6.07, 6.45) is 2.38. The average molecular weight is 858 g/mol. The molecule has 1 unspecified atom stereocenters. The van der Waals surface area contributed by atoms with Crippen molar-refractivity contribution in [2.45, 2.75) is 89.0 Å². The summed E-state index contributed by atoms with van der Waals surface area (Å²) in [5.41, 5.74) is 2.10. The number of piperidine rings is 1. The average Bonchev–Trinajstić information content (AvgIpc) is 3.74. The third kappa shape index (κ3) is 9.77. The van der Waals surface area contributed by atoms with Gasteiger partial charge in [0, 0.05) is 31.2 Å². The number of nitrogens with one attached hydrogen (secondary N) is 1. The number of halogens is 3. The van der Waals surface area contributed by atoms with Crippen LogP contribution >= 0.6 is 0 Å². The minimum atomic E-state index is -4.58. The smallest absolute Gasteiger partial charge is 0.416 e. The van der Waals surface area contributed by atoms with Crippen molar-refractivity contribution >= 4 is 46.3 Å².